The number of carboxylic acid groups (broad SMARTS) is 1. The maximum absolute atomic E-state index is 12.9. The summed E-state index contributed by atoms with van der Waals surface area (Å²) in [7, 11) is 0. The number of benzene rings is 2. The maximum atomic E-state index is 12.9. The zero-order valence-electron chi connectivity index (χ0n) is 13.3. The molecule has 0 spiro atoms. The number of rotatable bonds is 3. The van der Waals surface area contributed by atoms with Gasteiger partial charge in [0.25, 0.3) is 0 Å². The summed E-state index contributed by atoms with van der Waals surface area (Å²) in [6, 6.07) is 9.78. The van der Waals surface area contributed by atoms with E-state index in [1.165, 1.54) is 24.3 Å². The quantitative estimate of drug-likeness (QED) is 0.751. The number of carboxylic acids is 1. The second-order valence-electron chi connectivity index (χ2n) is 5.55. The Morgan fingerprint density at radius 3 is 2.60 bits per heavy atom. The van der Waals surface area contributed by atoms with Crippen LogP contribution in [0.5, 0.6) is 0 Å². The molecule has 1 aliphatic heterocycles. The van der Waals surface area contributed by atoms with Gasteiger partial charge >= 0.3 is 12.1 Å². The van der Waals surface area contributed by atoms with Gasteiger partial charge in [0.15, 0.2) is 0 Å². The van der Waals surface area contributed by atoms with E-state index < -0.39 is 17.7 Å². The number of carbonyl (C=O) groups is 1. The third-order valence-electron chi connectivity index (χ3n) is 3.95. The van der Waals surface area contributed by atoms with Gasteiger partial charge in [-0.3, -0.25) is 0 Å². The Kier molecular flexibility index (Phi) is 4.15. The number of anilines is 2. The zero-order chi connectivity index (χ0) is 18.2. The molecule has 0 fully saturated rings. The molecule has 0 amide bonds. The van der Waals surface area contributed by atoms with E-state index in [0.717, 1.165) is 17.8 Å². The van der Waals surface area contributed by atoms with E-state index in [4.69, 9.17) is 0 Å². The Morgan fingerprint density at radius 1 is 1.20 bits per heavy atom. The van der Waals surface area contributed by atoms with Gasteiger partial charge in [-0.15, -0.1) is 0 Å². The van der Waals surface area contributed by atoms with Crippen LogP contribution in [0.3, 0.4) is 0 Å². The van der Waals surface area contributed by atoms with Crippen LogP contribution in [0.2, 0.25) is 0 Å². The minimum Gasteiger partial charge on any atom is -0.478 e. The molecule has 0 unspecified atom stereocenters. The molecule has 1 heterocycles. The van der Waals surface area contributed by atoms with Crippen molar-refractivity contribution in [3.63, 3.8) is 0 Å². The fraction of sp³-hybridized carbons (Fsp3) is 0.158. The van der Waals surface area contributed by atoms with Crippen molar-refractivity contribution in [2.24, 2.45) is 0 Å². The maximum Gasteiger partial charge on any atom is 0.416 e. The number of fused-ring (bicyclic) bond motifs is 1. The van der Waals surface area contributed by atoms with Crippen molar-refractivity contribution in [1.82, 2.24) is 0 Å². The summed E-state index contributed by atoms with van der Waals surface area (Å²) in [5, 5.41) is 9.18. The number of alkyl halides is 3. The summed E-state index contributed by atoms with van der Waals surface area (Å²) in [5.41, 5.74) is 4.63. The zero-order valence-corrected chi connectivity index (χ0v) is 13.3. The van der Waals surface area contributed by atoms with Crippen molar-refractivity contribution in [1.29, 1.82) is 0 Å². The molecule has 2 aromatic rings. The molecule has 0 aliphatic carbocycles. The summed E-state index contributed by atoms with van der Waals surface area (Å²) in [4.78, 5) is 13.0. The van der Waals surface area contributed by atoms with Gasteiger partial charge in [0.1, 0.15) is 0 Å². The topological polar surface area (TPSA) is 40.5 Å². The van der Waals surface area contributed by atoms with E-state index in [1.54, 1.807) is 17.0 Å². The molecule has 0 aromatic heterocycles. The highest BCUT2D eigenvalue weighted by Crippen LogP contribution is 2.40. The average molecular weight is 345 g/mol. The highest BCUT2D eigenvalue weighted by atomic mass is 19.4. The monoisotopic (exact) mass is 345 g/mol. The van der Waals surface area contributed by atoms with Gasteiger partial charge in [-0.05, 0) is 48.9 Å². The first-order valence-electron chi connectivity index (χ1n) is 7.61. The Labute approximate surface area is 142 Å². The molecule has 1 aliphatic rings. The van der Waals surface area contributed by atoms with E-state index in [0.29, 0.717) is 23.4 Å². The first kappa shape index (κ1) is 16.9. The average Bonchev–Trinajstić information content (AvgIpc) is 2.59. The summed E-state index contributed by atoms with van der Waals surface area (Å²) in [6.45, 7) is 1.90. The van der Waals surface area contributed by atoms with Crippen LogP contribution in [0.4, 0.5) is 24.5 Å². The van der Waals surface area contributed by atoms with Crippen molar-refractivity contribution in [2.45, 2.75) is 19.5 Å². The third kappa shape index (κ3) is 3.16. The molecule has 1 N–H and O–H groups in total. The molecule has 3 rings (SSSR count). The van der Waals surface area contributed by atoms with Crippen molar-refractivity contribution in [2.75, 3.05) is 4.90 Å². The van der Waals surface area contributed by atoms with Crippen molar-refractivity contribution >= 4 is 23.4 Å². The van der Waals surface area contributed by atoms with E-state index in [1.807, 2.05) is 6.92 Å². The second kappa shape index (κ2) is 6.15. The summed E-state index contributed by atoms with van der Waals surface area (Å²) >= 11 is 0. The second-order valence-corrected chi connectivity index (χ2v) is 5.55. The first-order chi connectivity index (χ1) is 11.8. The Balaban J connectivity index is 2.16. The van der Waals surface area contributed by atoms with E-state index >= 15 is 0 Å². The van der Waals surface area contributed by atoms with Gasteiger partial charge in [-0.1, -0.05) is 18.7 Å². The lowest BCUT2D eigenvalue weighted by Gasteiger charge is -2.30. The van der Waals surface area contributed by atoms with Crippen LogP contribution in [-0.2, 0) is 6.18 Å². The van der Waals surface area contributed by atoms with Crippen LogP contribution in [0, 0.1) is 0 Å². The van der Waals surface area contributed by atoms with Crippen LogP contribution in [-0.4, -0.2) is 11.1 Å². The highest BCUT2D eigenvalue weighted by molar-refractivity contribution is 5.90. The minimum absolute atomic E-state index is 0.107. The fourth-order valence-electron chi connectivity index (χ4n) is 2.75. The van der Waals surface area contributed by atoms with Crippen molar-refractivity contribution in [3.8, 4) is 0 Å². The Morgan fingerprint density at radius 2 is 1.96 bits per heavy atom. The molecular weight excluding hydrogens is 331 g/mol. The van der Waals surface area contributed by atoms with E-state index in [9.17, 15) is 23.1 Å². The number of hydrogen-bond donors (Lipinski definition) is 1. The number of aromatic carboxylic acids is 1. The van der Waals surface area contributed by atoms with Crippen LogP contribution in [0.15, 0.2) is 53.9 Å². The SMILES string of the molecule is CCC1=C=Cc2cc(C(F)(F)F)ccc2N1c1cccc(C(=O)O)c1. The first-order valence-corrected chi connectivity index (χ1v) is 7.61. The lowest BCUT2D eigenvalue weighted by Crippen LogP contribution is -2.19. The van der Waals surface area contributed by atoms with Crippen LogP contribution in [0.1, 0.15) is 34.8 Å². The molecule has 6 heteroatoms. The normalized spacial score (nSPS) is 13.4. The molecule has 128 valence electrons. The number of hydrogen-bond acceptors (Lipinski definition) is 2. The lowest BCUT2D eigenvalue weighted by molar-refractivity contribution is -0.137. The van der Waals surface area contributed by atoms with Crippen molar-refractivity contribution < 1.29 is 23.1 Å². The van der Waals surface area contributed by atoms with Gasteiger partial charge < -0.3 is 10.0 Å². The molecule has 0 radical (unpaired) electrons. The summed E-state index contributed by atoms with van der Waals surface area (Å²) < 4.78 is 38.8. The predicted octanol–water partition coefficient (Wildman–Crippen LogP) is 5.46. The molecular formula is C19H14F3NO2. The molecule has 0 saturated heterocycles. The standard InChI is InChI=1S/C19H14F3NO2/c1-2-15-8-6-12-10-14(19(20,21)22)7-9-17(12)23(15)16-5-3-4-13(11-16)18(24)25/h3-7,9-11H,2H2,1H3,(H,24,25). The molecule has 0 saturated carbocycles. The Bertz CT molecular complexity index is 909. The third-order valence-corrected chi connectivity index (χ3v) is 3.95. The number of halogens is 3. The highest BCUT2D eigenvalue weighted by Gasteiger charge is 2.32. The van der Waals surface area contributed by atoms with Crippen LogP contribution in [0.25, 0.3) is 6.08 Å². The van der Waals surface area contributed by atoms with E-state index in [2.05, 4.69) is 5.73 Å². The predicted molar refractivity (Wildman–Crippen MR) is 88.8 cm³/mol. The Hall–Kier alpha value is -2.98. The molecule has 25 heavy (non-hydrogen) atoms. The van der Waals surface area contributed by atoms with Gasteiger partial charge in [0, 0.05) is 11.3 Å². The largest absolute Gasteiger partial charge is 0.478 e. The van der Waals surface area contributed by atoms with Gasteiger partial charge in [0.2, 0.25) is 0 Å². The molecule has 3 nitrogen and oxygen atoms in total. The van der Waals surface area contributed by atoms with Gasteiger partial charge in [-0.2, -0.15) is 13.2 Å². The van der Waals surface area contributed by atoms with Crippen molar-refractivity contribution in [3.05, 3.63) is 70.6 Å². The number of nitrogens with zero attached hydrogens (tertiary/aromatic N) is 1. The smallest absolute Gasteiger partial charge is 0.416 e. The summed E-state index contributed by atoms with van der Waals surface area (Å²) in [6.07, 6.45) is -2.30. The molecule has 2 aromatic carbocycles. The van der Waals surface area contributed by atoms with Crippen LogP contribution >= 0.6 is 0 Å². The fourth-order valence-corrected chi connectivity index (χ4v) is 2.75. The van der Waals surface area contributed by atoms with Crippen LogP contribution < -0.4 is 4.90 Å². The van der Waals surface area contributed by atoms with Gasteiger partial charge in [-0.25, -0.2) is 4.79 Å². The summed E-state index contributed by atoms with van der Waals surface area (Å²) in [5.74, 6) is -1.07. The molecule has 0 atom stereocenters. The molecule has 0 bridgehead atoms. The van der Waals surface area contributed by atoms with Gasteiger partial charge in [0.05, 0.1) is 22.5 Å². The number of allylic oxidation sites excluding steroid dienone is 1. The lowest BCUT2D eigenvalue weighted by atomic mass is 10.0. The minimum atomic E-state index is -4.42. The van der Waals surface area contributed by atoms with E-state index in [-0.39, 0.29) is 5.56 Å².